The van der Waals surface area contributed by atoms with E-state index in [9.17, 15) is 4.79 Å². The van der Waals surface area contributed by atoms with E-state index in [1.807, 2.05) is 32.9 Å². The molecular formula is C17H27NO2. The Morgan fingerprint density at radius 2 is 1.70 bits per heavy atom. The highest BCUT2D eigenvalue weighted by Crippen LogP contribution is 2.29. The third-order valence-electron chi connectivity index (χ3n) is 2.80. The lowest BCUT2D eigenvalue weighted by Gasteiger charge is -2.23. The Hall–Kier alpha value is -1.51. The van der Waals surface area contributed by atoms with E-state index in [0.29, 0.717) is 13.0 Å². The molecule has 1 N–H and O–H groups in total. The van der Waals surface area contributed by atoms with Gasteiger partial charge in [0.05, 0.1) is 6.42 Å². The van der Waals surface area contributed by atoms with Crippen molar-refractivity contribution in [3.05, 3.63) is 29.8 Å². The van der Waals surface area contributed by atoms with E-state index in [2.05, 4.69) is 38.2 Å². The molecule has 0 aliphatic rings. The van der Waals surface area contributed by atoms with Crippen LogP contribution < -0.4 is 5.32 Å². The van der Waals surface area contributed by atoms with Crippen molar-refractivity contribution in [1.29, 1.82) is 0 Å². The molecule has 1 aromatic rings. The van der Waals surface area contributed by atoms with Crippen molar-refractivity contribution < 1.29 is 9.53 Å². The van der Waals surface area contributed by atoms with Crippen molar-refractivity contribution in [3.8, 4) is 0 Å². The smallest absolute Gasteiger partial charge is 0.308 e. The standard InChI is InChI=1S/C17H27NO2/c1-16(2,3)13-9-7-8-10-14(13)18-12-11-15(19)20-17(4,5)6/h7-10,18H,11-12H2,1-6H3. The first-order chi connectivity index (χ1) is 9.09. The molecule has 0 aliphatic carbocycles. The molecule has 0 amide bonds. The van der Waals surface area contributed by atoms with Gasteiger partial charge in [-0.3, -0.25) is 4.79 Å². The molecule has 20 heavy (non-hydrogen) atoms. The second-order valence-corrected chi connectivity index (χ2v) is 7.06. The second-order valence-electron chi connectivity index (χ2n) is 7.06. The number of nitrogens with one attached hydrogen (secondary N) is 1. The molecule has 0 bridgehead atoms. The maximum atomic E-state index is 11.7. The molecule has 0 heterocycles. The average molecular weight is 277 g/mol. The summed E-state index contributed by atoms with van der Waals surface area (Å²) in [5.41, 5.74) is 2.00. The van der Waals surface area contributed by atoms with Gasteiger partial charge in [0.15, 0.2) is 0 Å². The van der Waals surface area contributed by atoms with Crippen LogP contribution in [0.15, 0.2) is 24.3 Å². The van der Waals surface area contributed by atoms with Crippen molar-refractivity contribution in [1.82, 2.24) is 0 Å². The number of hydrogen-bond acceptors (Lipinski definition) is 3. The Bertz CT molecular complexity index is 453. The number of hydrogen-bond donors (Lipinski definition) is 1. The van der Waals surface area contributed by atoms with Gasteiger partial charge < -0.3 is 10.1 Å². The molecular weight excluding hydrogens is 250 g/mol. The molecule has 0 radical (unpaired) electrons. The van der Waals surface area contributed by atoms with Crippen molar-refractivity contribution in [2.24, 2.45) is 0 Å². The molecule has 0 saturated heterocycles. The summed E-state index contributed by atoms with van der Waals surface area (Å²) in [6, 6.07) is 8.22. The van der Waals surface area contributed by atoms with Crippen molar-refractivity contribution in [3.63, 3.8) is 0 Å². The van der Waals surface area contributed by atoms with Crippen molar-refractivity contribution in [2.75, 3.05) is 11.9 Å². The molecule has 3 nitrogen and oxygen atoms in total. The van der Waals surface area contributed by atoms with E-state index >= 15 is 0 Å². The first-order valence-electron chi connectivity index (χ1n) is 7.15. The van der Waals surface area contributed by atoms with Crippen LogP contribution in [0.4, 0.5) is 5.69 Å². The monoisotopic (exact) mass is 277 g/mol. The van der Waals surface area contributed by atoms with Gasteiger partial charge in [0, 0.05) is 12.2 Å². The molecule has 0 spiro atoms. The van der Waals surface area contributed by atoms with E-state index in [0.717, 1.165) is 5.69 Å². The largest absolute Gasteiger partial charge is 0.460 e. The topological polar surface area (TPSA) is 38.3 Å². The highest BCUT2D eigenvalue weighted by Gasteiger charge is 2.18. The minimum absolute atomic E-state index is 0.0789. The predicted octanol–water partition coefficient (Wildman–Crippen LogP) is 4.13. The van der Waals surface area contributed by atoms with Crippen LogP contribution in [-0.4, -0.2) is 18.1 Å². The molecule has 3 heteroatoms. The van der Waals surface area contributed by atoms with Crippen LogP contribution in [0, 0.1) is 0 Å². The summed E-state index contributed by atoms with van der Waals surface area (Å²) in [4.78, 5) is 11.7. The lowest BCUT2D eigenvalue weighted by Crippen LogP contribution is -2.25. The third-order valence-corrected chi connectivity index (χ3v) is 2.80. The lowest BCUT2D eigenvalue weighted by molar-refractivity contribution is -0.154. The van der Waals surface area contributed by atoms with E-state index < -0.39 is 5.60 Å². The van der Waals surface area contributed by atoms with Gasteiger partial charge in [-0.25, -0.2) is 0 Å². The van der Waals surface area contributed by atoms with Gasteiger partial charge in [0.2, 0.25) is 0 Å². The number of esters is 1. The number of carbonyl (C=O) groups is 1. The second kappa shape index (κ2) is 6.29. The van der Waals surface area contributed by atoms with Gasteiger partial charge in [0.1, 0.15) is 5.60 Å². The van der Waals surface area contributed by atoms with E-state index in [1.54, 1.807) is 0 Å². The van der Waals surface area contributed by atoms with Gasteiger partial charge in [-0.05, 0) is 37.8 Å². The highest BCUT2D eigenvalue weighted by atomic mass is 16.6. The van der Waals surface area contributed by atoms with E-state index in [1.165, 1.54) is 5.56 Å². The summed E-state index contributed by atoms with van der Waals surface area (Å²) in [5, 5.41) is 3.34. The zero-order valence-corrected chi connectivity index (χ0v) is 13.5. The molecule has 0 atom stereocenters. The SMILES string of the molecule is CC(C)(C)OC(=O)CCNc1ccccc1C(C)(C)C. The quantitative estimate of drug-likeness (QED) is 0.841. The van der Waals surface area contributed by atoms with Gasteiger partial charge in [-0.2, -0.15) is 0 Å². The number of carbonyl (C=O) groups excluding carboxylic acids is 1. The fourth-order valence-corrected chi connectivity index (χ4v) is 1.98. The van der Waals surface area contributed by atoms with Crippen LogP contribution in [0.3, 0.4) is 0 Å². The molecule has 1 aromatic carbocycles. The van der Waals surface area contributed by atoms with Crippen LogP contribution in [-0.2, 0) is 14.9 Å². The summed E-state index contributed by atoms with van der Waals surface area (Å²) in [7, 11) is 0. The van der Waals surface area contributed by atoms with Crippen molar-refractivity contribution >= 4 is 11.7 Å². The highest BCUT2D eigenvalue weighted by molar-refractivity contribution is 5.70. The molecule has 0 aromatic heterocycles. The minimum atomic E-state index is -0.416. The summed E-state index contributed by atoms with van der Waals surface area (Å²) in [6.45, 7) is 12.8. The molecule has 0 fully saturated rings. The number of ether oxygens (including phenoxy) is 1. The van der Waals surface area contributed by atoms with Crippen LogP contribution in [0.2, 0.25) is 0 Å². The van der Waals surface area contributed by atoms with Crippen LogP contribution in [0.25, 0.3) is 0 Å². The number of rotatable bonds is 4. The van der Waals surface area contributed by atoms with Crippen LogP contribution >= 0.6 is 0 Å². The fourth-order valence-electron chi connectivity index (χ4n) is 1.98. The van der Waals surface area contributed by atoms with Gasteiger partial charge in [-0.15, -0.1) is 0 Å². The Balaban J connectivity index is 2.57. The molecule has 1 rings (SSSR count). The molecule has 0 saturated carbocycles. The third kappa shape index (κ3) is 5.64. The lowest BCUT2D eigenvalue weighted by atomic mass is 9.86. The zero-order chi connectivity index (χ0) is 15.4. The van der Waals surface area contributed by atoms with Crippen LogP contribution in [0.5, 0.6) is 0 Å². The molecule has 0 aliphatic heterocycles. The van der Waals surface area contributed by atoms with E-state index in [-0.39, 0.29) is 11.4 Å². The van der Waals surface area contributed by atoms with Gasteiger partial charge in [-0.1, -0.05) is 39.0 Å². The number of benzene rings is 1. The van der Waals surface area contributed by atoms with Gasteiger partial charge >= 0.3 is 5.97 Å². The van der Waals surface area contributed by atoms with E-state index in [4.69, 9.17) is 4.74 Å². The summed E-state index contributed by atoms with van der Waals surface area (Å²) in [6.07, 6.45) is 0.371. The maximum absolute atomic E-state index is 11.7. The van der Waals surface area contributed by atoms with Crippen molar-refractivity contribution in [2.45, 2.75) is 59.0 Å². The molecule has 112 valence electrons. The molecule has 0 unspecified atom stereocenters. The Labute approximate surface area is 122 Å². The predicted molar refractivity (Wildman–Crippen MR) is 84.1 cm³/mol. The number of para-hydroxylation sites is 1. The normalized spacial score (nSPS) is 12.1. The first kappa shape index (κ1) is 16.5. The number of anilines is 1. The first-order valence-corrected chi connectivity index (χ1v) is 7.15. The Morgan fingerprint density at radius 3 is 2.25 bits per heavy atom. The summed E-state index contributed by atoms with van der Waals surface area (Å²) < 4.78 is 5.29. The average Bonchev–Trinajstić information content (AvgIpc) is 2.25. The summed E-state index contributed by atoms with van der Waals surface area (Å²) in [5.74, 6) is -0.168. The van der Waals surface area contributed by atoms with Gasteiger partial charge in [0.25, 0.3) is 0 Å². The maximum Gasteiger partial charge on any atom is 0.308 e. The Morgan fingerprint density at radius 1 is 1.10 bits per heavy atom. The summed E-state index contributed by atoms with van der Waals surface area (Å²) >= 11 is 0. The zero-order valence-electron chi connectivity index (χ0n) is 13.5. The fraction of sp³-hybridized carbons (Fsp3) is 0.588. The minimum Gasteiger partial charge on any atom is -0.460 e. The Kier molecular flexibility index (Phi) is 5.21. The van der Waals surface area contributed by atoms with Crippen LogP contribution in [0.1, 0.15) is 53.5 Å².